The number of halogens is 1. The van der Waals surface area contributed by atoms with Crippen LogP contribution < -0.4 is 10.1 Å². The van der Waals surface area contributed by atoms with E-state index in [0.29, 0.717) is 23.0 Å². The molecule has 1 amide bonds. The summed E-state index contributed by atoms with van der Waals surface area (Å²) in [4.78, 5) is 19.3. The summed E-state index contributed by atoms with van der Waals surface area (Å²) in [5.41, 5.74) is 2.36. The van der Waals surface area contributed by atoms with Crippen LogP contribution in [-0.2, 0) is 17.9 Å². The van der Waals surface area contributed by atoms with Crippen molar-refractivity contribution in [3.05, 3.63) is 47.3 Å². The highest BCUT2D eigenvalue weighted by atomic mass is 35.5. The Balaban J connectivity index is 1.47. The average Bonchev–Trinajstić information content (AvgIpc) is 3.01. The second-order valence-electron chi connectivity index (χ2n) is 6.68. The summed E-state index contributed by atoms with van der Waals surface area (Å²) in [7, 11) is 0. The van der Waals surface area contributed by atoms with Crippen molar-refractivity contribution >= 4 is 28.4 Å². The van der Waals surface area contributed by atoms with E-state index in [0.717, 1.165) is 29.4 Å². The van der Waals surface area contributed by atoms with Gasteiger partial charge in [-0.05, 0) is 25.0 Å². The number of amides is 1. The van der Waals surface area contributed by atoms with Crippen LogP contribution in [0.15, 0.2) is 35.3 Å². The van der Waals surface area contributed by atoms with E-state index < -0.39 is 0 Å². The molecule has 2 N–H and O–H groups in total. The third-order valence-electron chi connectivity index (χ3n) is 4.58. The van der Waals surface area contributed by atoms with Crippen molar-refractivity contribution < 1.29 is 13.9 Å². The first kappa shape index (κ1) is 16.0. The fraction of sp³-hybridized carbons (Fsp3) is 0.333. The molecule has 1 aliphatic carbocycles. The zero-order valence-electron chi connectivity index (χ0n) is 13.8. The lowest BCUT2D eigenvalue weighted by Gasteiger charge is -2.08. The molecule has 0 unspecified atom stereocenters. The standard InChI is InChI=1S/C18H18ClN3O3/c1-18(2-3-18)17(23)20-7-12-4-11-5-14(19)16(6-15(11)22-12)25-9-13-8-24-10-21-13/h4-6,8,10,22H,2-3,7,9H2,1H3,(H,20,23). The van der Waals surface area contributed by atoms with Gasteiger partial charge in [0.15, 0.2) is 6.39 Å². The molecule has 0 atom stereocenters. The molecule has 1 aliphatic rings. The molecule has 0 saturated heterocycles. The number of aromatic nitrogens is 2. The van der Waals surface area contributed by atoms with Crippen LogP contribution in [0.25, 0.3) is 10.9 Å². The molecule has 1 aromatic carbocycles. The smallest absolute Gasteiger partial charge is 0.226 e. The molecule has 3 aromatic rings. The molecular weight excluding hydrogens is 342 g/mol. The number of ether oxygens (including phenoxy) is 1. The minimum Gasteiger partial charge on any atom is -0.486 e. The van der Waals surface area contributed by atoms with Crippen molar-refractivity contribution in [3.8, 4) is 5.75 Å². The van der Waals surface area contributed by atoms with E-state index in [9.17, 15) is 4.79 Å². The normalized spacial score (nSPS) is 15.3. The van der Waals surface area contributed by atoms with Crippen molar-refractivity contribution in [3.63, 3.8) is 0 Å². The van der Waals surface area contributed by atoms with Gasteiger partial charge in [-0.2, -0.15) is 0 Å². The number of nitrogens with zero attached hydrogens (tertiary/aromatic N) is 1. The number of carbonyl (C=O) groups is 1. The highest BCUT2D eigenvalue weighted by molar-refractivity contribution is 6.32. The van der Waals surface area contributed by atoms with Crippen LogP contribution in [0.5, 0.6) is 5.75 Å². The lowest BCUT2D eigenvalue weighted by atomic mass is 10.1. The Morgan fingerprint density at radius 3 is 3.00 bits per heavy atom. The van der Waals surface area contributed by atoms with Gasteiger partial charge in [0, 0.05) is 28.1 Å². The van der Waals surface area contributed by atoms with Gasteiger partial charge in [0.05, 0.1) is 11.6 Å². The zero-order valence-corrected chi connectivity index (χ0v) is 14.5. The van der Waals surface area contributed by atoms with Crippen LogP contribution >= 0.6 is 11.6 Å². The van der Waals surface area contributed by atoms with Gasteiger partial charge in [-0.15, -0.1) is 0 Å². The maximum Gasteiger partial charge on any atom is 0.226 e. The van der Waals surface area contributed by atoms with Crippen LogP contribution in [0.1, 0.15) is 31.2 Å². The van der Waals surface area contributed by atoms with Crippen LogP contribution in [0.3, 0.4) is 0 Å². The first-order valence-corrected chi connectivity index (χ1v) is 8.51. The number of benzene rings is 1. The Labute approximate surface area is 149 Å². The minimum atomic E-state index is -0.169. The van der Waals surface area contributed by atoms with Gasteiger partial charge in [0.25, 0.3) is 0 Å². The summed E-state index contributed by atoms with van der Waals surface area (Å²) < 4.78 is 10.6. The van der Waals surface area contributed by atoms with E-state index >= 15 is 0 Å². The Hall–Kier alpha value is -2.47. The molecule has 1 saturated carbocycles. The largest absolute Gasteiger partial charge is 0.486 e. The van der Waals surface area contributed by atoms with Gasteiger partial charge in [-0.3, -0.25) is 4.79 Å². The number of rotatable bonds is 6. The summed E-state index contributed by atoms with van der Waals surface area (Å²) in [5.74, 6) is 0.681. The summed E-state index contributed by atoms with van der Waals surface area (Å²) >= 11 is 6.30. The Morgan fingerprint density at radius 1 is 1.44 bits per heavy atom. The van der Waals surface area contributed by atoms with Gasteiger partial charge >= 0.3 is 0 Å². The number of nitrogens with one attached hydrogen (secondary N) is 2. The van der Waals surface area contributed by atoms with Crippen molar-refractivity contribution in [1.29, 1.82) is 0 Å². The average molecular weight is 360 g/mol. The quantitative estimate of drug-likeness (QED) is 0.701. The van der Waals surface area contributed by atoms with E-state index in [-0.39, 0.29) is 17.9 Å². The molecule has 130 valence electrons. The molecular formula is C18H18ClN3O3. The summed E-state index contributed by atoms with van der Waals surface area (Å²) in [6.07, 6.45) is 4.82. The first-order valence-electron chi connectivity index (χ1n) is 8.13. The molecule has 0 spiro atoms. The lowest BCUT2D eigenvalue weighted by molar-refractivity contribution is -0.125. The van der Waals surface area contributed by atoms with Crippen molar-refractivity contribution in [2.75, 3.05) is 0 Å². The molecule has 2 aromatic heterocycles. The van der Waals surface area contributed by atoms with Gasteiger partial charge in [0.2, 0.25) is 5.91 Å². The van der Waals surface area contributed by atoms with E-state index in [4.69, 9.17) is 20.8 Å². The Kier molecular flexibility index (Phi) is 3.92. The van der Waals surface area contributed by atoms with Gasteiger partial charge in [-0.25, -0.2) is 4.98 Å². The number of H-pyrrole nitrogens is 1. The van der Waals surface area contributed by atoms with Gasteiger partial charge < -0.3 is 19.5 Å². The zero-order chi connectivity index (χ0) is 17.4. The maximum absolute atomic E-state index is 12.0. The third kappa shape index (κ3) is 3.35. The van der Waals surface area contributed by atoms with Gasteiger partial charge in [0.1, 0.15) is 24.3 Å². The predicted molar refractivity (Wildman–Crippen MR) is 93.3 cm³/mol. The number of fused-ring (bicyclic) bond motifs is 1. The highest BCUT2D eigenvalue weighted by Gasteiger charge is 2.44. The van der Waals surface area contributed by atoms with E-state index in [1.807, 2.05) is 25.1 Å². The predicted octanol–water partition coefficient (Wildman–Crippen LogP) is 3.80. The second kappa shape index (κ2) is 6.11. The first-order chi connectivity index (χ1) is 12.0. The number of hydrogen-bond donors (Lipinski definition) is 2. The number of oxazole rings is 1. The number of aromatic amines is 1. The van der Waals surface area contributed by atoms with Crippen molar-refractivity contribution in [2.45, 2.75) is 32.9 Å². The fourth-order valence-corrected chi connectivity index (χ4v) is 2.89. The molecule has 4 rings (SSSR count). The van der Waals surface area contributed by atoms with Crippen molar-refractivity contribution in [1.82, 2.24) is 15.3 Å². The summed E-state index contributed by atoms with van der Waals surface area (Å²) in [6.45, 7) is 2.74. The SMILES string of the molecule is CC1(C(=O)NCc2cc3cc(Cl)c(OCc4cocn4)cc3[nH]2)CC1. The van der Waals surface area contributed by atoms with Crippen LogP contribution in [0.4, 0.5) is 0 Å². The van der Waals surface area contributed by atoms with Crippen LogP contribution in [-0.4, -0.2) is 15.9 Å². The fourth-order valence-electron chi connectivity index (χ4n) is 2.66. The molecule has 0 aliphatic heterocycles. The molecule has 0 bridgehead atoms. The molecule has 25 heavy (non-hydrogen) atoms. The molecule has 6 nitrogen and oxygen atoms in total. The summed E-state index contributed by atoms with van der Waals surface area (Å²) in [5, 5.41) is 4.48. The maximum atomic E-state index is 12.0. The van der Waals surface area contributed by atoms with Crippen molar-refractivity contribution in [2.24, 2.45) is 5.41 Å². The molecule has 0 radical (unpaired) electrons. The number of hydrogen-bond acceptors (Lipinski definition) is 4. The molecule has 2 heterocycles. The summed E-state index contributed by atoms with van der Waals surface area (Å²) in [6, 6.07) is 5.68. The van der Waals surface area contributed by atoms with E-state index in [1.54, 1.807) is 0 Å². The second-order valence-corrected chi connectivity index (χ2v) is 7.08. The molecule has 7 heteroatoms. The lowest BCUT2D eigenvalue weighted by Crippen LogP contribution is -2.29. The van der Waals surface area contributed by atoms with Crippen LogP contribution in [0, 0.1) is 5.41 Å². The van der Waals surface area contributed by atoms with Gasteiger partial charge in [-0.1, -0.05) is 18.5 Å². The Bertz CT molecular complexity index is 913. The Morgan fingerprint density at radius 2 is 2.28 bits per heavy atom. The highest BCUT2D eigenvalue weighted by Crippen LogP contribution is 2.45. The monoisotopic (exact) mass is 359 g/mol. The number of carbonyl (C=O) groups excluding carboxylic acids is 1. The third-order valence-corrected chi connectivity index (χ3v) is 4.87. The topological polar surface area (TPSA) is 80.2 Å². The van der Waals surface area contributed by atoms with Crippen LogP contribution in [0.2, 0.25) is 5.02 Å². The molecule has 1 fully saturated rings. The minimum absolute atomic E-state index is 0.112. The van der Waals surface area contributed by atoms with E-state index in [2.05, 4.69) is 15.3 Å². The van der Waals surface area contributed by atoms with E-state index in [1.165, 1.54) is 12.7 Å².